The van der Waals surface area contributed by atoms with Crippen molar-refractivity contribution in [3.8, 4) is 0 Å². The molecular weight excluding hydrogens is 244 g/mol. The van der Waals surface area contributed by atoms with Crippen molar-refractivity contribution in [3.05, 3.63) is 48.0 Å². The van der Waals surface area contributed by atoms with Crippen molar-refractivity contribution in [2.75, 3.05) is 19.6 Å². The number of nitrogens with zero attached hydrogens (tertiary/aromatic N) is 1. The fraction of sp³-hybridized carbons (Fsp3) is 0.556. The molecule has 1 aliphatic heterocycles. The third kappa shape index (κ3) is 3.31. The predicted molar refractivity (Wildman–Crippen MR) is 86.8 cm³/mol. The van der Waals surface area contributed by atoms with Crippen LogP contribution in [0.3, 0.4) is 0 Å². The zero-order valence-electron chi connectivity index (χ0n) is 13.3. The minimum atomic E-state index is 0.0498. The van der Waals surface area contributed by atoms with Gasteiger partial charge in [0, 0.05) is 25.7 Å². The number of nitrogens with one attached hydrogen (secondary N) is 1. The van der Waals surface area contributed by atoms with Gasteiger partial charge in [-0.15, -0.1) is 0 Å². The molecule has 0 saturated carbocycles. The zero-order valence-corrected chi connectivity index (χ0v) is 13.3. The van der Waals surface area contributed by atoms with E-state index in [1.165, 1.54) is 5.56 Å². The lowest BCUT2D eigenvalue weighted by atomic mass is 9.86. The second kappa shape index (κ2) is 6.55. The Balaban J connectivity index is 2.19. The van der Waals surface area contributed by atoms with Crippen LogP contribution in [0.4, 0.5) is 0 Å². The first-order valence-corrected chi connectivity index (χ1v) is 7.72. The largest absolute Gasteiger partial charge is 0.305 e. The molecule has 20 heavy (non-hydrogen) atoms. The van der Waals surface area contributed by atoms with Crippen LogP contribution in [0, 0.1) is 5.92 Å². The highest BCUT2D eigenvalue weighted by molar-refractivity contribution is 5.25. The fourth-order valence-corrected chi connectivity index (χ4v) is 3.14. The van der Waals surface area contributed by atoms with Crippen molar-refractivity contribution in [3.63, 3.8) is 0 Å². The number of hydrogen-bond donors (Lipinski definition) is 1. The third-order valence-electron chi connectivity index (χ3n) is 4.45. The minimum absolute atomic E-state index is 0.0498. The molecule has 2 rings (SSSR count). The first-order chi connectivity index (χ1) is 9.57. The third-order valence-corrected chi connectivity index (χ3v) is 4.45. The summed E-state index contributed by atoms with van der Waals surface area (Å²) in [5, 5.41) is 3.78. The summed E-state index contributed by atoms with van der Waals surface area (Å²) < 4.78 is 0. The molecule has 0 aliphatic carbocycles. The maximum atomic E-state index is 3.78. The second-order valence-electron chi connectivity index (χ2n) is 6.39. The van der Waals surface area contributed by atoms with Crippen molar-refractivity contribution in [2.45, 2.75) is 39.3 Å². The first-order valence-electron chi connectivity index (χ1n) is 7.72. The SMILES string of the molecule is C/C=C/CN1CC(C)(c2ccccc2)NCC1C(C)C. The van der Waals surface area contributed by atoms with E-state index in [9.17, 15) is 0 Å². The Kier molecular flexibility index (Phi) is 5.00. The Morgan fingerprint density at radius 3 is 2.65 bits per heavy atom. The lowest BCUT2D eigenvalue weighted by molar-refractivity contribution is 0.0715. The first kappa shape index (κ1) is 15.3. The van der Waals surface area contributed by atoms with Crippen molar-refractivity contribution in [1.29, 1.82) is 0 Å². The van der Waals surface area contributed by atoms with Crippen LogP contribution in [-0.2, 0) is 5.54 Å². The monoisotopic (exact) mass is 272 g/mol. The molecule has 2 unspecified atom stereocenters. The lowest BCUT2D eigenvalue weighted by Gasteiger charge is -2.47. The molecule has 1 heterocycles. The summed E-state index contributed by atoms with van der Waals surface area (Å²) in [6.45, 7) is 12.2. The van der Waals surface area contributed by atoms with Crippen molar-refractivity contribution < 1.29 is 0 Å². The van der Waals surface area contributed by atoms with Gasteiger partial charge >= 0.3 is 0 Å². The molecule has 2 nitrogen and oxygen atoms in total. The summed E-state index contributed by atoms with van der Waals surface area (Å²) in [5.41, 5.74) is 1.43. The van der Waals surface area contributed by atoms with Gasteiger partial charge in [0.1, 0.15) is 0 Å². The van der Waals surface area contributed by atoms with Gasteiger partial charge in [-0.3, -0.25) is 4.90 Å². The molecule has 1 saturated heterocycles. The van der Waals surface area contributed by atoms with Crippen molar-refractivity contribution >= 4 is 0 Å². The van der Waals surface area contributed by atoms with Gasteiger partial charge in [0.25, 0.3) is 0 Å². The number of piperazine rings is 1. The maximum absolute atomic E-state index is 3.78. The van der Waals surface area contributed by atoms with E-state index in [2.05, 4.69) is 80.4 Å². The molecule has 1 aromatic rings. The zero-order chi connectivity index (χ0) is 14.6. The summed E-state index contributed by atoms with van der Waals surface area (Å²) >= 11 is 0. The summed E-state index contributed by atoms with van der Waals surface area (Å²) in [4.78, 5) is 2.62. The number of allylic oxidation sites excluding steroid dienone is 1. The quantitative estimate of drug-likeness (QED) is 0.845. The van der Waals surface area contributed by atoms with Crippen LogP contribution in [0.2, 0.25) is 0 Å². The Morgan fingerprint density at radius 1 is 1.35 bits per heavy atom. The summed E-state index contributed by atoms with van der Waals surface area (Å²) in [7, 11) is 0. The van der Waals surface area contributed by atoms with Crippen LogP contribution in [0.1, 0.15) is 33.3 Å². The molecule has 2 heteroatoms. The molecule has 0 spiro atoms. The Hall–Kier alpha value is -1.12. The normalized spacial score (nSPS) is 28.4. The average Bonchev–Trinajstić information content (AvgIpc) is 2.46. The highest BCUT2D eigenvalue weighted by Gasteiger charge is 2.37. The molecule has 1 aliphatic rings. The summed E-state index contributed by atoms with van der Waals surface area (Å²) in [6, 6.07) is 11.4. The van der Waals surface area contributed by atoms with Gasteiger partial charge in [0.05, 0.1) is 5.54 Å². The Morgan fingerprint density at radius 2 is 2.05 bits per heavy atom. The van der Waals surface area contributed by atoms with E-state index in [1.54, 1.807) is 0 Å². The molecule has 1 N–H and O–H groups in total. The van der Waals surface area contributed by atoms with Crippen LogP contribution < -0.4 is 5.32 Å². The van der Waals surface area contributed by atoms with Gasteiger partial charge in [-0.05, 0) is 25.3 Å². The second-order valence-corrected chi connectivity index (χ2v) is 6.39. The van der Waals surface area contributed by atoms with Gasteiger partial charge < -0.3 is 5.32 Å². The Labute approximate surface area is 123 Å². The van der Waals surface area contributed by atoms with Gasteiger partial charge in [-0.25, -0.2) is 0 Å². The molecule has 1 fully saturated rings. The van der Waals surface area contributed by atoms with Gasteiger partial charge in [-0.2, -0.15) is 0 Å². The van der Waals surface area contributed by atoms with Crippen LogP contribution >= 0.6 is 0 Å². The van der Waals surface area contributed by atoms with E-state index in [-0.39, 0.29) is 5.54 Å². The molecule has 0 aromatic heterocycles. The van der Waals surface area contributed by atoms with Crippen LogP contribution in [0.25, 0.3) is 0 Å². The highest BCUT2D eigenvalue weighted by atomic mass is 15.3. The number of hydrogen-bond acceptors (Lipinski definition) is 2. The molecular formula is C18H28N2. The van der Waals surface area contributed by atoms with Crippen LogP contribution in [0.5, 0.6) is 0 Å². The van der Waals surface area contributed by atoms with Crippen molar-refractivity contribution in [1.82, 2.24) is 10.2 Å². The molecule has 0 bridgehead atoms. The summed E-state index contributed by atoms with van der Waals surface area (Å²) in [5.74, 6) is 0.674. The lowest BCUT2D eigenvalue weighted by Crippen LogP contribution is -2.62. The summed E-state index contributed by atoms with van der Waals surface area (Å²) in [6.07, 6.45) is 4.42. The van der Waals surface area contributed by atoms with E-state index < -0.39 is 0 Å². The van der Waals surface area contributed by atoms with E-state index in [4.69, 9.17) is 0 Å². The van der Waals surface area contributed by atoms with E-state index in [0.717, 1.165) is 19.6 Å². The van der Waals surface area contributed by atoms with Gasteiger partial charge in [-0.1, -0.05) is 56.3 Å². The Bertz CT molecular complexity index is 438. The van der Waals surface area contributed by atoms with Crippen molar-refractivity contribution in [2.24, 2.45) is 5.92 Å². The van der Waals surface area contributed by atoms with E-state index >= 15 is 0 Å². The smallest absolute Gasteiger partial charge is 0.0535 e. The van der Waals surface area contributed by atoms with E-state index in [0.29, 0.717) is 12.0 Å². The van der Waals surface area contributed by atoms with E-state index in [1.807, 2.05) is 0 Å². The predicted octanol–water partition coefficient (Wildman–Crippen LogP) is 3.41. The molecule has 1 aromatic carbocycles. The minimum Gasteiger partial charge on any atom is -0.305 e. The fourth-order valence-electron chi connectivity index (χ4n) is 3.14. The average molecular weight is 272 g/mol. The maximum Gasteiger partial charge on any atom is 0.0535 e. The van der Waals surface area contributed by atoms with Crippen LogP contribution in [-0.4, -0.2) is 30.6 Å². The molecule has 110 valence electrons. The van der Waals surface area contributed by atoms with Gasteiger partial charge in [0.15, 0.2) is 0 Å². The number of benzene rings is 1. The van der Waals surface area contributed by atoms with Gasteiger partial charge in [0.2, 0.25) is 0 Å². The highest BCUT2D eigenvalue weighted by Crippen LogP contribution is 2.28. The molecule has 0 amide bonds. The number of rotatable bonds is 4. The topological polar surface area (TPSA) is 15.3 Å². The van der Waals surface area contributed by atoms with Crippen LogP contribution in [0.15, 0.2) is 42.5 Å². The molecule has 0 radical (unpaired) electrons. The molecule has 2 atom stereocenters. The standard InChI is InChI=1S/C18H28N2/c1-5-6-12-20-14-18(4,16-10-8-7-9-11-16)19-13-17(20)15(2)3/h5-11,15,17,19H,12-14H2,1-4H3/b6-5+.